The van der Waals surface area contributed by atoms with Gasteiger partial charge in [0.15, 0.2) is 0 Å². The Morgan fingerprint density at radius 2 is 2.00 bits per heavy atom. The molecule has 1 aromatic heterocycles. The zero-order valence-electron chi connectivity index (χ0n) is 12.1. The SMILES string of the molecule is CC(C)C[C@H](NC(=O)Cc1csc2ccccc12)C(=O)O. The molecular formula is C16H19NO3S. The smallest absolute Gasteiger partial charge is 0.326 e. The minimum absolute atomic E-state index is 0.214. The molecule has 0 saturated carbocycles. The number of hydrogen-bond acceptors (Lipinski definition) is 3. The molecule has 1 amide bonds. The lowest BCUT2D eigenvalue weighted by molar-refractivity contribution is -0.142. The van der Waals surface area contributed by atoms with Gasteiger partial charge in [-0.15, -0.1) is 11.3 Å². The van der Waals surface area contributed by atoms with E-state index in [1.807, 2.05) is 43.5 Å². The summed E-state index contributed by atoms with van der Waals surface area (Å²) in [5.74, 6) is -1.01. The molecule has 0 unspecified atom stereocenters. The fourth-order valence-electron chi connectivity index (χ4n) is 2.28. The highest BCUT2D eigenvalue weighted by atomic mass is 32.1. The third kappa shape index (κ3) is 4.04. The van der Waals surface area contributed by atoms with E-state index in [2.05, 4.69) is 5.32 Å². The number of amides is 1. The molecule has 0 bridgehead atoms. The maximum Gasteiger partial charge on any atom is 0.326 e. The van der Waals surface area contributed by atoms with Gasteiger partial charge < -0.3 is 10.4 Å². The van der Waals surface area contributed by atoms with E-state index in [9.17, 15) is 9.59 Å². The predicted octanol–water partition coefficient (Wildman–Crippen LogP) is 3.06. The van der Waals surface area contributed by atoms with E-state index in [1.54, 1.807) is 11.3 Å². The molecule has 0 aliphatic rings. The van der Waals surface area contributed by atoms with Crippen LogP contribution < -0.4 is 5.32 Å². The summed E-state index contributed by atoms with van der Waals surface area (Å²) in [5, 5.41) is 14.8. The van der Waals surface area contributed by atoms with Gasteiger partial charge >= 0.3 is 5.97 Å². The minimum atomic E-state index is -0.979. The molecule has 1 aromatic carbocycles. The van der Waals surface area contributed by atoms with E-state index in [1.165, 1.54) is 0 Å². The number of thiophene rings is 1. The number of carbonyl (C=O) groups is 2. The summed E-state index contributed by atoms with van der Waals surface area (Å²) in [6.07, 6.45) is 0.650. The first-order valence-electron chi connectivity index (χ1n) is 6.94. The number of benzene rings is 1. The van der Waals surface area contributed by atoms with Crippen molar-refractivity contribution in [1.82, 2.24) is 5.32 Å². The average molecular weight is 305 g/mol. The van der Waals surface area contributed by atoms with Crippen molar-refractivity contribution in [1.29, 1.82) is 0 Å². The molecule has 0 saturated heterocycles. The molecule has 5 heteroatoms. The van der Waals surface area contributed by atoms with Gasteiger partial charge in [0.2, 0.25) is 5.91 Å². The summed E-state index contributed by atoms with van der Waals surface area (Å²) >= 11 is 1.60. The first-order chi connectivity index (χ1) is 9.97. The highest BCUT2D eigenvalue weighted by Gasteiger charge is 2.21. The summed E-state index contributed by atoms with van der Waals surface area (Å²) in [6, 6.07) is 7.08. The van der Waals surface area contributed by atoms with Crippen molar-refractivity contribution < 1.29 is 14.7 Å². The van der Waals surface area contributed by atoms with Crippen molar-refractivity contribution in [2.75, 3.05) is 0 Å². The van der Waals surface area contributed by atoms with Crippen molar-refractivity contribution in [3.63, 3.8) is 0 Å². The molecule has 0 aliphatic heterocycles. The Labute approximate surface area is 127 Å². The second-order valence-corrected chi connectivity index (χ2v) is 6.43. The third-order valence-electron chi connectivity index (χ3n) is 3.25. The summed E-state index contributed by atoms with van der Waals surface area (Å²) in [5.41, 5.74) is 0.946. The van der Waals surface area contributed by atoms with Crippen LogP contribution in [0.2, 0.25) is 0 Å². The average Bonchev–Trinajstić information content (AvgIpc) is 2.81. The number of aliphatic carboxylic acids is 1. The van der Waals surface area contributed by atoms with Crippen LogP contribution >= 0.6 is 11.3 Å². The molecule has 2 N–H and O–H groups in total. The molecule has 2 aromatic rings. The number of carbonyl (C=O) groups excluding carboxylic acids is 1. The Bertz CT molecular complexity index is 648. The highest BCUT2D eigenvalue weighted by Crippen LogP contribution is 2.25. The molecule has 112 valence electrons. The fourth-order valence-corrected chi connectivity index (χ4v) is 3.24. The molecule has 2 rings (SSSR count). The first kappa shape index (κ1) is 15.5. The molecule has 1 atom stereocenters. The topological polar surface area (TPSA) is 66.4 Å². The van der Waals surface area contributed by atoms with Gasteiger partial charge in [-0.1, -0.05) is 32.0 Å². The number of fused-ring (bicyclic) bond motifs is 1. The molecule has 4 nitrogen and oxygen atoms in total. The van der Waals surface area contributed by atoms with Crippen LogP contribution in [0, 0.1) is 5.92 Å². The van der Waals surface area contributed by atoms with E-state index < -0.39 is 12.0 Å². The van der Waals surface area contributed by atoms with Crippen LogP contribution in [-0.2, 0) is 16.0 Å². The van der Waals surface area contributed by atoms with Crippen molar-refractivity contribution in [3.05, 3.63) is 35.2 Å². The summed E-state index contributed by atoms with van der Waals surface area (Å²) in [7, 11) is 0. The predicted molar refractivity (Wildman–Crippen MR) is 84.6 cm³/mol. The van der Waals surface area contributed by atoms with Crippen molar-refractivity contribution in [2.45, 2.75) is 32.7 Å². The lowest BCUT2D eigenvalue weighted by Crippen LogP contribution is -2.42. The van der Waals surface area contributed by atoms with Gasteiger partial charge in [0, 0.05) is 4.70 Å². The Balaban J connectivity index is 2.05. The van der Waals surface area contributed by atoms with E-state index in [0.29, 0.717) is 6.42 Å². The van der Waals surface area contributed by atoms with Crippen LogP contribution in [0.25, 0.3) is 10.1 Å². The second-order valence-electron chi connectivity index (χ2n) is 5.52. The summed E-state index contributed by atoms with van der Waals surface area (Å²) in [6.45, 7) is 3.88. The number of rotatable bonds is 6. The summed E-state index contributed by atoms with van der Waals surface area (Å²) in [4.78, 5) is 23.3. The van der Waals surface area contributed by atoms with Crippen molar-refractivity contribution >= 4 is 33.3 Å². The summed E-state index contributed by atoms with van der Waals surface area (Å²) < 4.78 is 1.14. The van der Waals surface area contributed by atoms with Gasteiger partial charge in [0.1, 0.15) is 6.04 Å². The zero-order chi connectivity index (χ0) is 15.4. The van der Waals surface area contributed by atoms with E-state index >= 15 is 0 Å². The lowest BCUT2D eigenvalue weighted by Gasteiger charge is -2.16. The monoisotopic (exact) mass is 305 g/mol. The Morgan fingerprint density at radius 3 is 2.67 bits per heavy atom. The maximum atomic E-state index is 12.1. The standard InChI is InChI=1S/C16H19NO3S/c1-10(2)7-13(16(19)20)17-15(18)8-11-9-21-14-6-4-3-5-12(11)14/h3-6,9-10,13H,7-8H2,1-2H3,(H,17,18)(H,19,20)/t13-/m0/s1. The quantitative estimate of drug-likeness (QED) is 0.862. The van der Waals surface area contributed by atoms with Crippen LogP contribution in [0.4, 0.5) is 0 Å². The molecule has 0 fully saturated rings. The minimum Gasteiger partial charge on any atom is -0.480 e. The van der Waals surface area contributed by atoms with E-state index in [0.717, 1.165) is 15.6 Å². The number of carboxylic acid groups (broad SMARTS) is 1. The van der Waals surface area contributed by atoms with E-state index in [-0.39, 0.29) is 18.2 Å². The van der Waals surface area contributed by atoms with Crippen LogP contribution in [-0.4, -0.2) is 23.0 Å². The Kier molecular flexibility index (Phi) is 4.96. The van der Waals surface area contributed by atoms with Crippen LogP contribution in [0.1, 0.15) is 25.8 Å². The molecule has 21 heavy (non-hydrogen) atoms. The van der Waals surface area contributed by atoms with E-state index in [4.69, 9.17) is 5.11 Å². The normalized spacial score (nSPS) is 12.5. The maximum absolute atomic E-state index is 12.1. The Hall–Kier alpha value is -1.88. The third-order valence-corrected chi connectivity index (χ3v) is 4.26. The van der Waals surface area contributed by atoms with Gasteiger partial charge in [-0.2, -0.15) is 0 Å². The molecule has 0 radical (unpaired) electrons. The number of carboxylic acids is 1. The largest absolute Gasteiger partial charge is 0.480 e. The number of nitrogens with one attached hydrogen (secondary N) is 1. The molecule has 0 spiro atoms. The molecule has 1 heterocycles. The van der Waals surface area contributed by atoms with Gasteiger partial charge in [-0.3, -0.25) is 4.79 Å². The Morgan fingerprint density at radius 1 is 1.29 bits per heavy atom. The molecule has 0 aliphatic carbocycles. The number of hydrogen-bond donors (Lipinski definition) is 2. The van der Waals surface area contributed by atoms with Gasteiger partial charge in [-0.05, 0) is 34.7 Å². The van der Waals surface area contributed by atoms with Gasteiger partial charge in [0.05, 0.1) is 6.42 Å². The van der Waals surface area contributed by atoms with Crippen LogP contribution in [0.3, 0.4) is 0 Å². The van der Waals surface area contributed by atoms with Crippen LogP contribution in [0.15, 0.2) is 29.6 Å². The van der Waals surface area contributed by atoms with Crippen LogP contribution in [0.5, 0.6) is 0 Å². The highest BCUT2D eigenvalue weighted by molar-refractivity contribution is 7.17. The molecular weight excluding hydrogens is 286 g/mol. The zero-order valence-corrected chi connectivity index (χ0v) is 12.9. The van der Waals surface area contributed by atoms with Crippen molar-refractivity contribution in [3.8, 4) is 0 Å². The fraction of sp³-hybridized carbons (Fsp3) is 0.375. The van der Waals surface area contributed by atoms with Gasteiger partial charge in [-0.25, -0.2) is 4.79 Å². The first-order valence-corrected chi connectivity index (χ1v) is 7.82. The second kappa shape index (κ2) is 6.72. The van der Waals surface area contributed by atoms with Crippen molar-refractivity contribution in [2.24, 2.45) is 5.92 Å². The lowest BCUT2D eigenvalue weighted by atomic mass is 10.0. The van der Waals surface area contributed by atoms with Gasteiger partial charge in [0.25, 0.3) is 0 Å².